The summed E-state index contributed by atoms with van der Waals surface area (Å²) in [5, 5.41) is 0. The van der Waals surface area contributed by atoms with Crippen LogP contribution in [-0.4, -0.2) is 52.8 Å². The van der Waals surface area contributed by atoms with Gasteiger partial charge in [-0.3, -0.25) is 4.90 Å². The molecule has 0 spiro atoms. The van der Waals surface area contributed by atoms with Crippen molar-refractivity contribution in [3.63, 3.8) is 0 Å². The first-order chi connectivity index (χ1) is 16.5. The van der Waals surface area contributed by atoms with Crippen molar-refractivity contribution in [3.05, 3.63) is 84.2 Å². The molecule has 5 rings (SSSR count). The lowest BCUT2D eigenvalue weighted by Gasteiger charge is -2.40. The third-order valence-electron chi connectivity index (χ3n) is 6.25. The molecule has 9 heteroatoms. The van der Waals surface area contributed by atoms with E-state index in [1.807, 2.05) is 29.2 Å². The summed E-state index contributed by atoms with van der Waals surface area (Å²) in [6, 6.07) is 20.6. The quantitative estimate of drug-likeness (QED) is 0.556. The Bertz CT molecular complexity index is 1250. The molecule has 1 N–H and O–H groups in total. The molecule has 7 nitrogen and oxygen atoms in total. The van der Waals surface area contributed by atoms with Crippen LogP contribution in [0.15, 0.2) is 77.7 Å². The van der Waals surface area contributed by atoms with Gasteiger partial charge in [-0.15, -0.1) is 0 Å². The average molecular weight is 484 g/mol. The Morgan fingerprint density at radius 1 is 0.882 bits per heavy atom. The predicted octanol–water partition coefficient (Wildman–Crippen LogP) is 3.40. The first-order valence-corrected chi connectivity index (χ1v) is 12.7. The van der Waals surface area contributed by atoms with Gasteiger partial charge < -0.3 is 14.4 Å². The van der Waals surface area contributed by atoms with E-state index in [1.54, 1.807) is 42.5 Å². The summed E-state index contributed by atoms with van der Waals surface area (Å²) in [6.45, 7) is 2.93. The van der Waals surface area contributed by atoms with Gasteiger partial charge in [0.1, 0.15) is 5.82 Å². The number of piperazine rings is 1. The zero-order valence-electron chi connectivity index (χ0n) is 18.6. The topological polar surface area (TPSA) is 71.1 Å². The molecule has 0 radical (unpaired) electrons. The van der Waals surface area contributed by atoms with E-state index in [4.69, 9.17) is 9.47 Å². The molecule has 0 aromatic heterocycles. The molecule has 1 fully saturated rings. The molecule has 2 aliphatic rings. The number of ether oxygens (including phenoxy) is 2. The second-order valence-corrected chi connectivity index (χ2v) is 10.0. The maximum absolute atomic E-state index is 14.3. The molecule has 178 valence electrons. The molecule has 0 unspecified atom stereocenters. The number of hydrogen-bond donors (Lipinski definition) is 1. The third-order valence-corrected chi connectivity index (χ3v) is 7.69. The zero-order chi connectivity index (χ0) is 23.5. The van der Waals surface area contributed by atoms with Gasteiger partial charge in [-0.1, -0.05) is 36.4 Å². The first-order valence-electron chi connectivity index (χ1n) is 11.2. The van der Waals surface area contributed by atoms with Crippen molar-refractivity contribution in [1.29, 1.82) is 0 Å². The van der Waals surface area contributed by atoms with Gasteiger partial charge in [-0.05, 0) is 42.0 Å². The number of para-hydroxylation sites is 1. The van der Waals surface area contributed by atoms with Gasteiger partial charge >= 0.3 is 0 Å². The van der Waals surface area contributed by atoms with Crippen LogP contribution in [-0.2, 0) is 10.0 Å². The molecular weight excluding hydrogens is 457 g/mol. The number of fused-ring (bicyclic) bond motifs is 1. The highest BCUT2D eigenvalue weighted by Gasteiger charge is 2.29. The molecule has 1 saturated heterocycles. The number of hydrogen-bond acceptors (Lipinski definition) is 6. The largest absolute Gasteiger partial charge is 0.454 e. The Kier molecular flexibility index (Phi) is 6.40. The first kappa shape index (κ1) is 22.6. The minimum Gasteiger partial charge on any atom is -0.454 e. The van der Waals surface area contributed by atoms with E-state index < -0.39 is 10.0 Å². The van der Waals surface area contributed by atoms with Crippen molar-refractivity contribution >= 4 is 15.7 Å². The van der Waals surface area contributed by atoms with Gasteiger partial charge in [-0.25, -0.2) is 17.5 Å². The molecule has 2 aliphatic heterocycles. The second kappa shape index (κ2) is 9.61. The lowest BCUT2D eigenvalue weighted by molar-refractivity contribution is 0.173. The van der Waals surface area contributed by atoms with E-state index in [1.165, 1.54) is 6.07 Å². The highest BCUT2D eigenvalue weighted by Crippen LogP contribution is 2.36. The summed E-state index contributed by atoms with van der Waals surface area (Å²) in [5.74, 6) is 1.09. The van der Waals surface area contributed by atoms with Crippen LogP contribution in [0.2, 0.25) is 0 Å². The van der Waals surface area contributed by atoms with E-state index in [0.717, 1.165) is 5.56 Å². The zero-order valence-corrected chi connectivity index (χ0v) is 19.4. The molecule has 0 saturated carbocycles. The van der Waals surface area contributed by atoms with Crippen LogP contribution in [0.25, 0.3) is 0 Å². The van der Waals surface area contributed by atoms with Crippen LogP contribution in [0.1, 0.15) is 11.6 Å². The van der Waals surface area contributed by atoms with Gasteiger partial charge in [0, 0.05) is 38.8 Å². The summed E-state index contributed by atoms with van der Waals surface area (Å²) < 4.78 is 53.8. The monoisotopic (exact) mass is 483 g/mol. The summed E-state index contributed by atoms with van der Waals surface area (Å²) in [5.41, 5.74) is 1.52. The summed E-state index contributed by atoms with van der Waals surface area (Å²) >= 11 is 0. The number of nitrogens with zero attached hydrogens (tertiary/aromatic N) is 2. The fraction of sp³-hybridized carbons (Fsp3) is 0.280. The normalized spacial score (nSPS) is 17.0. The van der Waals surface area contributed by atoms with E-state index in [2.05, 4.69) is 9.62 Å². The van der Waals surface area contributed by atoms with Crippen molar-refractivity contribution in [2.24, 2.45) is 0 Å². The van der Waals surface area contributed by atoms with Crippen molar-refractivity contribution < 1.29 is 22.3 Å². The van der Waals surface area contributed by atoms with Gasteiger partial charge in [-0.2, -0.15) is 0 Å². The SMILES string of the molecule is O=S(=O)(NC[C@@H](c1ccc2c(c1)OCO2)N1CCN(c2ccccc2F)CC1)c1ccccc1. The number of halogens is 1. The van der Waals surface area contributed by atoms with Gasteiger partial charge in [0.05, 0.1) is 10.6 Å². The third kappa shape index (κ3) is 4.72. The Morgan fingerprint density at radius 3 is 2.35 bits per heavy atom. The fourth-order valence-electron chi connectivity index (χ4n) is 4.43. The summed E-state index contributed by atoms with van der Waals surface area (Å²) in [6.07, 6.45) is 0. The second-order valence-electron chi connectivity index (χ2n) is 8.27. The Balaban J connectivity index is 1.36. The molecule has 0 amide bonds. The van der Waals surface area contributed by atoms with Crippen molar-refractivity contribution in [3.8, 4) is 11.5 Å². The highest BCUT2D eigenvalue weighted by molar-refractivity contribution is 7.89. The lowest BCUT2D eigenvalue weighted by atomic mass is 10.0. The van der Waals surface area contributed by atoms with Crippen LogP contribution in [0.5, 0.6) is 11.5 Å². The summed E-state index contributed by atoms with van der Waals surface area (Å²) in [4.78, 5) is 4.47. The van der Waals surface area contributed by atoms with Crippen LogP contribution in [0.4, 0.5) is 10.1 Å². The maximum Gasteiger partial charge on any atom is 0.240 e. The van der Waals surface area contributed by atoms with Crippen LogP contribution >= 0.6 is 0 Å². The van der Waals surface area contributed by atoms with E-state index in [-0.39, 0.29) is 30.1 Å². The smallest absolute Gasteiger partial charge is 0.240 e. The lowest BCUT2D eigenvalue weighted by Crippen LogP contribution is -2.50. The van der Waals surface area contributed by atoms with Gasteiger partial charge in [0.25, 0.3) is 0 Å². The molecule has 34 heavy (non-hydrogen) atoms. The fourth-order valence-corrected chi connectivity index (χ4v) is 5.49. The molecule has 3 aromatic rings. The van der Waals surface area contributed by atoms with Crippen molar-refractivity contribution in [1.82, 2.24) is 9.62 Å². The minimum absolute atomic E-state index is 0.172. The van der Waals surface area contributed by atoms with Crippen molar-refractivity contribution in [2.75, 3.05) is 44.4 Å². The maximum atomic E-state index is 14.3. The van der Waals surface area contributed by atoms with Crippen LogP contribution in [0.3, 0.4) is 0 Å². The minimum atomic E-state index is -3.67. The molecule has 1 atom stereocenters. The van der Waals surface area contributed by atoms with E-state index in [0.29, 0.717) is 43.4 Å². The van der Waals surface area contributed by atoms with Crippen molar-refractivity contribution in [2.45, 2.75) is 10.9 Å². The Labute approximate surface area is 198 Å². The van der Waals surface area contributed by atoms with Crippen LogP contribution in [0, 0.1) is 5.82 Å². The van der Waals surface area contributed by atoms with Gasteiger partial charge in [0.2, 0.25) is 16.8 Å². The number of anilines is 1. The standard InChI is InChI=1S/C25H26FN3O4S/c26-21-8-4-5-9-22(21)28-12-14-29(15-13-28)23(19-10-11-24-25(16-19)33-18-32-24)17-27-34(30,31)20-6-2-1-3-7-20/h1-11,16,23,27H,12-15,17-18H2/t23-/m0/s1. The Morgan fingerprint density at radius 2 is 1.59 bits per heavy atom. The number of benzene rings is 3. The molecule has 0 aliphatic carbocycles. The van der Waals surface area contributed by atoms with E-state index in [9.17, 15) is 12.8 Å². The predicted molar refractivity (Wildman–Crippen MR) is 127 cm³/mol. The Hall–Kier alpha value is -3.14. The van der Waals surface area contributed by atoms with E-state index >= 15 is 0 Å². The number of rotatable bonds is 7. The number of sulfonamides is 1. The van der Waals surface area contributed by atoms with Crippen LogP contribution < -0.4 is 19.1 Å². The van der Waals surface area contributed by atoms with Gasteiger partial charge in [0.15, 0.2) is 11.5 Å². The molecular formula is C25H26FN3O4S. The summed E-state index contributed by atoms with van der Waals surface area (Å²) in [7, 11) is -3.67. The molecule has 2 heterocycles. The molecule has 0 bridgehead atoms. The highest BCUT2D eigenvalue weighted by atomic mass is 32.2. The molecule has 3 aromatic carbocycles. The average Bonchev–Trinajstić information content (AvgIpc) is 3.34. The number of nitrogens with one attached hydrogen (secondary N) is 1.